The lowest BCUT2D eigenvalue weighted by atomic mass is 9.76. The lowest BCUT2D eigenvalue weighted by Gasteiger charge is -2.35. The monoisotopic (exact) mass is 1800 g/mol. The Bertz CT molecular complexity index is 4630. The zero-order chi connectivity index (χ0) is 94.9. The molecular formula is C109H147N11O12. The molecular weight excluding hydrogens is 1660 g/mol. The minimum absolute atomic E-state index is 0.191. The van der Waals surface area contributed by atoms with Gasteiger partial charge in [-0.25, -0.2) is 15.0 Å². The SMILES string of the molecule is CC.CC(C)C1CCC(C(=O)N2CCOCC2)CC1.CC(C)[C@@H]1CCCN(C(=O)c2ccccc2)C1.CC(C)c1cc(OC2CCOCC2)ccn1.CC(C)c1ccc(Oc2cccnn2)cc1.CC(C)c1ccc(Oc2ccncn2)cc1.CC(C)c1ccc(Oc2ccnnc2)cc1.CC(C)c1ccnc(OC2CCOCC2)c1.Cc1cc(Oc2ccc(C(C)C)cc2)no1. The standard InChI is InChI=1S/C15H21NO.C14H25NO2.3C13H14N2O.C13H15NO2.2C13H19NO2.C2H6/c1-12(2)14-9-6-10-16(11-14)15(17)13-7-4-3-5-8-13;1-11(2)12-3-5-13(6-4-12)14(16)15-7-9-17-10-8-15;1-10(2)11-3-5-12(6-4-11)16-13-7-8-14-9-15-13;1-10(2)11-3-5-12(6-4-11)16-13-7-8-14-15-9-13;1-10(2)11-5-7-12(8-6-11)16-13-4-3-9-14-15-13;1-9(2)11-4-6-12(7-5-11)15-13-8-10(3)16-14-13;1-10(2)13-9-12(3-6-14-13)16-11-4-7-15-8-5-11;1-10(2)11-3-6-14-13(9-11)16-12-4-7-15-8-5-12;1-2/h3-5,7-8,12,14H,6,9-11H2,1-2H3;11-13H,3-10H2,1-2H3;3*3-10H,1-2H3;4-9H,1-3H3;3,6,9-11H,4-5,7-8H2,1-2H3;3,6,9-10,12H,4-5,7-8H2,1-2H3;1-2H3/t14-;;;;;;;;/m1......../s1. The number of ether oxygens (including phenoxy) is 9. The zero-order valence-corrected chi connectivity index (χ0v) is 81.8. The van der Waals surface area contributed by atoms with Gasteiger partial charge in [0.2, 0.25) is 23.5 Å². The van der Waals surface area contributed by atoms with E-state index < -0.39 is 0 Å². The summed E-state index contributed by atoms with van der Waals surface area (Å²) in [6.07, 6.45) is 23.1. The third-order valence-electron chi connectivity index (χ3n) is 23.1. The Morgan fingerprint density at radius 2 is 0.886 bits per heavy atom. The summed E-state index contributed by atoms with van der Waals surface area (Å²) in [5.41, 5.74) is 8.38. The molecule has 16 rings (SSSR count). The van der Waals surface area contributed by atoms with Crippen molar-refractivity contribution in [3.63, 3.8) is 0 Å². The second-order valence-corrected chi connectivity index (χ2v) is 35.8. The topological polar surface area (TPSA) is 253 Å². The molecule has 6 aromatic heterocycles. The van der Waals surface area contributed by atoms with Gasteiger partial charge in [0, 0.05) is 130 Å². The lowest BCUT2D eigenvalue weighted by Crippen LogP contribution is -2.44. The van der Waals surface area contributed by atoms with Crippen LogP contribution < -0.4 is 28.4 Å². The maximum absolute atomic E-state index is 12.3. The predicted octanol–water partition coefficient (Wildman–Crippen LogP) is 26.1. The number of piperidine rings is 1. The van der Waals surface area contributed by atoms with Crippen LogP contribution in [0.5, 0.6) is 58.0 Å². The first-order valence-corrected chi connectivity index (χ1v) is 47.8. The highest BCUT2D eigenvalue weighted by molar-refractivity contribution is 5.94. The number of pyridine rings is 2. The number of morpholine rings is 1. The number of carbonyl (C=O) groups is 2. The molecule has 1 saturated carbocycles. The molecule has 0 radical (unpaired) electrons. The highest BCUT2D eigenvalue weighted by Gasteiger charge is 2.32. The molecule has 5 aliphatic rings. The quantitative estimate of drug-likeness (QED) is 0.0611. The molecule has 4 saturated heterocycles. The number of likely N-dealkylation sites (tertiary alicyclic amines) is 1. The molecule has 11 aromatic rings. The molecule has 5 fully saturated rings. The lowest BCUT2D eigenvalue weighted by molar-refractivity contribution is -0.141. The summed E-state index contributed by atoms with van der Waals surface area (Å²) in [7, 11) is 0. The van der Waals surface area contributed by atoms with E-state index >= 15 is 0 Å². The molecule has 1 aliphatic carbocycles. The highest BCUT2D eigenvalue weighted by atomic mass is 16.5. The van der Waals surface area contributed by atoms with Gasteiger partial charge in [0.05, 0.1) is 52.0 Å². The van der Waals surface area contributed by atoms with Crippen LogP contribution in [0.2, 0.25) is 0 Å². The first-order chi connectivity index (χ1) is 63.8. The number of rotatable bonds is 22. The number of amides is 2. The number of hydrogen-bond acceptors (Lipinski definition) is 21. The van der Waals surface area contributed by atoms with Crippen LogP contribution in [0, 0.1) is 36.5 Å². The smallest absolute Gasteiger partial charge is 0.259 e. The van der Waals surface area contributed by atoms with Gasteiger partial charge in [0.25, 0.3) is 11.8 Å². The average Bonchev–Trinajstić information content (AvgIpc) is 0.930. The Hall–Kier alpha value is -11.5. The van der Waals surface area contributed by atoms with Gasteiger partial charge in [0.15, 0.2) is 0 Å². The van der Waals surface area contributed by atoms with Crippen molar-refractivity contribution in [3.8, 4) is 58.0 Å². The Balaban J connectivity index is 0.000000185. The van der Waals surface area contributed by atoms with Crippen LogP contribution in [0.25, 0.3) is 0 Å². The van der Waals surface area contributed by atoms with Gasteiger partial charge in [-0.2, -0.15) is 15.3 Å². The maximum Gasteiger partial charge on any atom is 0.259 e. The fourth-order valence-electron chi connectivity index (χ4n) is 14.8. The summed E-state index contributed by atoms with van der Waals surface area (Å²) in [4.78, 5) is 45.0. The van der Waals surface area contributed by atoms with E-state index in [-0.39, 0.29) is 12.0 Å². The van der Waals surface area contributed by atoms with E-state index in [2.05, 4.69) is 205 Å². The van der Waals surface area contributed by atoms with Crippen molar-refractivity contribution in [3.05, 3.63) is 270 Å². The Morgan fingerprint density at radius 3 is 1.36 bits per heavy atom. The van der Waals surface area contributed by atoms with Crippen LogP contribution in [-0.4, -0.2) is 145 Å². The highest BCUT2D eigenvalue weighted by Crippen LogP contribution is 2.36. The van der Waals surface area contributed by atoms with E-state index in [0.29, 0.717) is 102 Å². The van der Waals surface area contributed by atoms with Crippen LogP contribution in [0.1, 0.15) is 274 Å². The largest absolute Gasteiger partial charge is 0.490 e. The number of carbonyl (C=O) groups excluding carboxylic acids is 2. The van der Waals surface area contributed by atoms with Gasteiger partial charge < -0.3 is 57.0 Å². The van der Waals surface area contributed by atoms with E-state index in [1.165, 1.54) is 53.4 Å². The van der Waals surface area contributed by atoms with Crippen molar-refractivity contribution >= 4 is 11.8 Å². The summed E-state index contributed by atoms with van der Waals surface area (Å²) < 4.78 is 54.8. The first-order valence-electron chi connectivity index (χ1n) is 47.8. The van der Waals surface area contributed by atoms with Gasteiger partial charge in [0.1, 0.15) is 58.8 Å². The van der Waals surface area contributed by atoms with Crippen LogP contribution in [0.3, 0.4) is 0 Å². The summed E-state index contributed by atoms with van der Waals surface area (Å²) in [6.45, 7) is 49.0. The number of hydrogen-bond donors (Lipinski definition) is 0. The molecule has 132 heavy (non-hydrogen) atoms. The minimum atomic E-state index is 0.191. The van der Waals surface area contributed by atoms with Gasteiger partial charge in [-0.05, 0) is 216 Å². The summed E-state index contributed by atoms with van der Waals surface area (Å²) in [6, 6.07) is 58.7. The van der Waals surface area contributed by atoms with Crippen molar-refractivity contribution in [2.75, 3.05) is 65.8 Å². The Morgan fingerprint density at radius 1 is 0.379 bits per heavy atom. The molecule has 23 nitrogen and oxygen atoms in total. The number of aryl methyl sites for hydroxylation is 1. The average molecular weight is 1800 g/mol. The molecule has 710 valence electrons. The number of aromatic nitrogens is 9. The molecule has 0 N–H and O–H groups in total. The number of nitrogens with zero attached hydrogens (tertiary/aromatic N) is 11. The fourth-order valence-corrected chi connectivity index (χ4v) is 14.8. The van der Waals surface area contributed by atoms with Crippen molar-refractivity contribution in [1.82, 2.24) is 55.3 Å². The van der Waals surface area contributed by atoms with Crippen LogP contribution in [-0.2, 0) is 19.0 Å². The van der Waals surface area contributed by atoms with Crippen molar-refractivity contribution < 1.29 is 56.7 Å². The molecule has 23 heteroatoms. The molecule has 0 bridgehead atoms. The van der Waals surface area contributed by atoms with E-state index in [9.17, 15) is 9.59 Å². The zero-order valence-electron chi connectivity index (χ0n) is 81.8. The second kappa shape index (κ2) is 58.4. The molecule has 1 atom stereocenters. The van der Waals surface area contributed by atoms with Gasteiger partial charge in [-0.15, -0.1) is 5.10 Å². The molecule has 2 amide bonds. The third-order valence-corrected chi connectivity index (χ3v) is 23.1. The normalized spacial score (nSPS) is 16.0. The van der Waals surface area contributed by atoms with Gasteiger partial charge in [-0.3, -0.25) is 14.6 Å². The molecule has 4 aliphatic heterocycles. The second-order valence-electron chi connectivity index (χ2n) is 35.8. The number of benzene rings is 5. The molecule has 5 aromatic carbocycles. The third kappa shape index (κ3) is 38.7. The molecule has 10 heterocycles. The van der Waals surface area contributed by atoms with Crippen molar-refractivity contribution in [2.45, 2.75) is 243 Å². The van der Waals surface area contributed by atoms with Crippen LogP contribution in [0.4, 0.5) is 0 Å². The van der Waals surface area contributed by atoms with Crippen LogP contribution >= 0.6 is 0 Å². The summed E-state index contributed by atoms with van der Waals surface area (Å²) in [5, 5.41) is 18.8. The van der Waals surface area contributed by atoms with E-state index in [4.69, 9.17) is 47.2 Å². The van der Waals surface area contributed by atoms with E-state index in [1.54, 1.807) is 55.1 Å². The Labute approximate surface area is 786 Å². The summed E-state index contributed by atoms with van der Waals surface area (Å²) in [5.74, 6) is 14.8. The fraction of sp³-hybridized carbons (Fsp3) is 0.477. The van der Waals surface area contributed by atoms with Gasteiger partial charge in [-0.1, -0.05) is 191 Å². The van der Waals surface area contributed by atoms with Crippen molar-refractivity contribution in [2.24, 2.45) is 29.6 Å². The molecule has 0 spiro atoms. The van der Waals surface area contributed by atoms with Gasteiger partial charge >= 0.3 is 0 Å². The maximum atomic E-state index is 12.3. The van der Waals surface area contributed by atoms with E-state index in [0.717, 1.165) is 161 Å². The van der Waals surface area contributed by atoms with E-state index in [1.807, 2.05) is 146 Å². The minimum Gasteiger partial charge on any atom is -0.490 e. The van der Waals surface area contributed by atoms with Crippen LogP contribution in [0.15, 0.2) is 230 Å². The first kappa shape index (κ1) is 106. The predicted molar refractivity (Wildman–Crippen MR) is 524 cm³/mol. The van der Waals surface area contributed by atoms with Crippen molar-refractivity contribution in [1.29, 1.82) is 0 Å². The summed E-state index contributed by atoms with van der Waals surface area (Å²) >= 11 is 0. The Kier molecular flexibility index (Phi) is 46.8. The molecule has 0 unspecified atom stereocenters.